The molecule has 1 aromatic rings. The van der Waals surface area contributed by atoms with E-state index in [0.29, 0.717) is 29.5 Å². The molecule has 0 spiro atoms. The van der Waals surface area contributed by atoms with E-state index < -0.39 is 0 Å². The molecule has 0 bridgehead atoms. The lowest BCUT2D eigenvalue weighted by atomic mass is 9.96. The van der Waals surface area contributed by atoms with E-state index in [1.54, 1.807) is 23.2 Å². The molecule has 0 radical (unpaired) electrons. The topological polar surface area (TPSA) is 68.5 Å². The molecule has 102 valence electrons. The maximum absolute atomic E-state index is 12.4. The zero-order valence-electron chi connectivity index (χ0n) is 10.8. The van der Waals surface area contributed by atoms with Crippen LogP contribution in [0, 0.1) is 5.92 Å². The third kappa shape index (κ3) is 3.01. The fraction of sp³-hybridized carbons (Fsp3) is 0.462. The third-order valence-corrected chi connectivity index (χ3v) is 3.71. The van der Waals surface area contributed by atoms with E-state index in [2.05, 4.69) is 4.98 Å². The molecular weight excluding hydrogens is 262 g/mol. The van der Waals surface area contributed by atoms with E-state index in [1.807, 2.05) is 0 Å². The number of likely N-dealkylation sites (tertiary alicyclic amines) is 1. The van der Waals surface area contributed by atoms with Gasteiger partial charge in [0, 0.05) is 25.2 Å². The van der Waals surface area contributed by atoms with Crippen molar-refractivity contribution < 1.29 is 9.53 Å². The van der Waals surface area contributed by atoms with Gasteiger partial charge >= 0.3 is 0 Å². The molecule has 6 heteroatoms. The summed E-state index contributed by atoms with van der Waals surface area (Å²) in [5, 5.41) is 0. The first-order valence-corrected chi connectivity index (χ1v) is 6.62. The maximum Gasteiger partial charge on any atom is 0.259 e. The lowest BCUT2D eigenvalue weighted by Gasteiger charge is -2.31. The van der Waals surface area contributed by atoms with E-state index in [1.165, 1.54) is 7.11 Å². The summed E-state index contributed by atoms with van der Waals surface area (Å²) in [6.45, 7) is 1.33. The fourth-order valence-corrected chi connectivity index (χ4v) is 2.49. The minimum absolute atomic E-state index is 0.0497. The predicted octanol–water partition coefficient (Wildman–Crippen LogP) is 1.23. The minimum Gasteiger partial charge on any atom is -0.480 e. The highest BCUT2D eigenvalue weighted by Crippen LogP contribution is 2.22. The number of thiocarbonyl (C=S) groups is 1. The SMILES string of the molecule is COc1ncccc1C(=O)N1CCC(C(N)=S)CC1. The van der Waals surface area contributed by atoms with Gasteiger partial charge in [-0.2, -0.15) is 0 Å². The van der Waals surface area contributed by atoms with Gasteiger partial charge in [0.2, 0.25) is 5.88 Å². The van der Waals surface area contributed by atoms with Crippen molar-refractivity contribution in [3.8, 4) is 5.88 Å². The molecule has 1 aliphatic rings. The molecule has 1 fully saturated rings. The molecule has 0 unspecified atom stereocenters. The second-order valence-corrected chi connectivity index (χ2v) is 5.00. The molecule has 2 heterocycles. The van der Waals surface area contributed by atoms with Crippen molar-refractivity contribution in [3.05, 3.63) is 23.9 Å². The fourth-order valence-electron chi connectivity index (χ4n) is 2.25. The third-order valence-electron chi connectivity index (χ3n) is 3.38. The highest BCUT2D eigenvalue weighted by atomic mass is 32.1. The Hall–Kier alpha value is -1.69. The lowest BCUT2D eigenvalue weighted by Crippen LogP contribution is -2.41. The Morgan fingerprint density at radius 1 is 1.53 bits per heavy atom. The zero-order valence-corrected chi connectivity index (χ0v) is 11.7. The summed E-state index contributed by atoms with van der Waals surface area (Å²) in [6, 6.07) is 3.46. The van der Waals surface area contributed by atoms with E-state index in [4.69, 9.17) is 22.7 Å². The number of pyridine rings is 1. The molecule has 2 N–H and O–H groups in total. The van der Waals surface area contributed by atoms with Crippen LogP contribution < -0.4 is 10.5 Å². The van der Waals surface area contributed by atoms with Gasteiger partial charge in [-0.25, -0.2) is 4.98 Å². The molecule has 5 nitrogen and oxygen atoms in total. The lowest BCUT2D eigenvalue weighted by molar-refractivity contribution is 0.0706. The zero-order chi connectivity index (χ0) is 13.8. The molecule has 0 aromatic carbocycles. The van der Waals surface area contributed by atoms with Crippen molar-refractivity contribution in [1.82, 2.24) is 9.88 Å². The Kier molecular flexibility index (Phi) is 4.31. The summed E-state index contributed by atoms with van der Waals surface area (Å²) in [6.07, 6.45) is 3.25. The number of nitrogens with two attached hydrogens (primary N) is 1. The molecule has 2 rings (SSSR count). The summed E-state index contributed by atoms with van der Waals surface area (Å²) in [7, 11) is 1.51. The standard InChI is InChI=1S/C13H17N3O2S/c1-18-12-10(3-2-6-15-12)13(17)16-7-4-9(5-8-16)11(14)19/h2-3,6,9H,4-5,7-8H2,1H3,(H2,14,19). The largest absolute Gasteiger partial charge is 0.480 e. The van der Waals surface area contributed by atoms with Gasteiger partial charge in [-0.1, -0.05) is 12.2 Å². The number of methoxy groups -OCH3 is 1. The number of hydrogen-bond donors (Lipinski definition) is 1. The minimum atomic E-state index is -0.0497. The Labute approximate surface area is 117 Å². The van der Waals surface area contributed by atoms with Crippen LogP contribution in [0.15, 0.2) is 18.3 Å². The quantitative estimate of drug-likeness (QED) is 0.843. The summed E-state index contributed by atoms with van der Waals surface area (Å²) >= 11 is 5.00. The molecule has 0 aliphatic carbocycles. The van der Waals surface area contributed by atoms with Crippen LogP contribution in [0.4, 0.5) is 0 Å². The van der Waals surface area contributed by atoms with Gasteiger partial charge in [-0.3, -0.25) is 4.79 Å². The second-order valence-electron chi connectivity index (χ2n) is 4.53. The van der Waals surface area contributed by atoms with Crippen molar-refractivity contribution >= 4 is 23.1 Å². The molecule has 0 saturated carbocycles. The molecule has 0 atom stereocenters. The number of aromatic nitrogens is 1. The Morgan fingerprint density at radius 3 is 2.79 bits per heavy atom. The Balaban J connectivity index is 2.07. The first kappa shape index (κ1) is 13.7. The molecule has 19 heavy (non-hydrogen) atoms. The summed E-state index contributed by atoms with van der Waals surface area (Å²) in [5.41, 5.74) is 6.14. The van der Waals surface area contributed by atoms with Crippen LogP contribution >= 0.6 is 12.2 Å². The van der Waals surface area contributed by atoms with Crippen LogP contribution in [0.3, 0.4) is 0 Å². The van der Waals surface area contributed by atoms with E-state index in [9.17, 15) is 4.79 Å². The van der Waals surface area contributed by atoms with Crippen LogP contribution in [-0.2, 0) is 0 Å². The second kappa shape index (κ2) is 5.97. The number of carbonyl (C=O) groups is 1. The number of ether oxygens (including phenoxy) is 1. The normalized spacial score (nSPS) is 16.2. The molecule has 1 amide bonds. The number of hydrogen-bond acceptors (Lipinski definition) is 4. The Morgan fingerprint density at radius 2 is 2.21 bits per heavy atom. The van der Waals surface area contributed by atoms with E-state index in [-0.39, 0.29) is 11.8 Å². The van der Waals surface area contributed by atoms with Crippen molar-refractivity contribution in [2.45, 2.75) is 12.8 Å². The van der Waals surface area contributed by atoms with Crippen LogP contribution in [0.2, 0.25) is 0 Å². The van der Waals surface area contributed by atoms with Gasteiger partial charge in [0.25, 0.3) is 5.91 Å². The average molecular weight is 279 g/mol. The van der Waals surface area contributed by atoms with E-state index >= 15 is 0 Å². The highest BCUT2D eigenvalue weighted by Gasteiger charge is 2.26. The van der Waals surface area contributed by atoms with Gasteiger partial charge in [-0.15, -0.1) is 0 Å². The summed E-state index contributed by atoms with van der Waals surface area (Å²) < 4.78 is 5.12. The van der Waals surface area contributed by atoms with Crippen LogP contribution in [-0.4, -0.2) is 41.0 Å². The number of nitrogens with zero attached hydrogens (tertiary/aromatic N) is 2. The van der Waals surface area contributed by atoms with Gasteiger partial charge in [0.1, 0.15) is 5.56 Å². The number of rotatable bonds is 3. The van der Waals surface area contributed by atoms with Crippen LogP contribution in [0.25, 0.3) is 0 Å². The average Bonchev–Trinajstić information content (AvgIpc) is 2.46. The predicted molar refractivity (Wildman–Crippen MR) is 76.2 cm³/mol. The van der Waals surface area contributed by atoms with Gasteiger partial charge in [-0.05, 0) is 25.0 Å². The summed E-state index contributed by atoms with van der Waals surface area (Å²) in [4.78, 5) is 18.8. The smallest absolute Gasteiger partial charge is 0.259 e. The maximum atomic E-state index is 12.4. The highest BCUT2D eigenvalue weighted by molar-refractivity contribution is 7.80. The van der Waals surface area contributed by atoms with Crippen molar-refractivity contribution in [2.75, 3.05) is 20.2 Å². The first-order chi connectivity index (χ1) is 9.13. The van der Waals surface area contributed by atoms with Gasteiger partial charge in [0.05, 0.1) is 12.1 Å². The van der Waals surface area contributed by atoms with Crippen LogP contribution in [0.5, 0.6) is 5.88 Å². The van der Waals surface area contributed by atoms with Crippen LogP contribution in [0.1, 0.15) is 23.2 Å². The molecule has 1 saturated heterocycles. The Bertz CT molecular complexity index is 485. The summed E-state index contributed by atoms with van der Waals surface area (Å²) in [5.74, 6) is 0.560. The molecular formula is C13H17N3O2S. The van der Waals surface area contributed by atoms with Gasteiger partial charge in [0.15, 0.2) is 0 Å². The molecule has 1 aromatic heterocycles. The van der Waals surface area contributed by atoms with Crippen molar-refractivity contribution in [1.29, 1.82) is 0 Å². The molecule has 1 aliphatic heterocycles. The first-order valence-electron chi connectivity index (χ1n) is 6.21. The number of piperidine rings is 1. The van der Waals surface area contributed by atoms with Crippen molar-refractivity contribution in [3.63, 3.8) is 0 Å². The van der Waals surface area contributed by atoms with Crippen molar-refractivity contribution in [2.24, 2.45) is 11.7 Å². The van der Waals surface area contributed by atoms with E-state index in [0.717, 1.165) is 12.8 Å². The monoisotopic (exact) mass is 279 g/mol. The van der Waals surface area contributed by atoms with Gasteiger partial charge < -0.3 is 15.4 Å². The number of amides is 1. The number of carbonyl (C=O) groups excluding carboxylic acids is 1.